The van der Waals surface area contributed by atoms with Crippen LogP contribution in [0.1, 0.15) is 5.76 Å². The minimum absolute atomic E-state index is 0.121. The summed E-state index contributed by atoms with van der Waals surface area (Å²) in [7, 11) is 0. The molecule has 1 aromatic heterocycles. The Morgan fingerprint density at radius 2 is 2.24 bits per heavy atom. The molecule has 0 saturated carbocycles. The molecule has 0 fully saturated rings. The van der Waals surface area contributed by atoms with Gasteiger partial charge in [0.05, 0.1) is 17.4 Å². The van der Waals surface area contributed by atoms with Crippen molar-refractivity contribution >= 4 is 17.6 Å². The number of nitro groups is 1. The lowest BCUT2D eigenvalue weighted by Gasteiger charge is -1.97. The summed E-state index contributed by atoms with van der Waals surface area (Å²) in [6.45, 7) is 0. The van der Waals surface area contributed by atoms with Crippen molar-refractivity contribution in [1.82, 2.24) is 0 Å². The summed E-state index contributed by atoms with van der Waals surface area (Å²) in [6.07, 6.45) is 2.85. The molecule has 1 aromatic carbocycles. The van der Waals surface area contributed by atoms with Gasteiger partial charge in [-0.1, -0.05) is 0 Å². The molecule has 86 valence electrons. The van der Waals surface area contributed by atoms with Crippen LogP contribution in [0.4, 0.5) is 11.4 Å². The normalized spacial score (nSPS) is 10.8. The van der Waals surface area contributed by atoms with Crippen LogP contribution < -0.4 is 0 Å². The summed E-state index contributed by atoms with van der Waals surface area (Å²) in [5.41, 5.74) is -0.00926. The van der Waals surface area contributed by atoms with Gasteiger partial charge in [0.2, 0.25) is 0 Å². The summed E-state index contributed by atoms with van der Waals surface area (Å²) in [5.74, 6) is 0.370. The van der Waals surface area contributed by atoms with Gasteiger partial charge in [-0.15, -0.1) is 0 Å². The highest BCUT2D eigenvalue weighted by Gasteiger charge is 2.09. The number of non-ortho nitro benzene ring substituents is 1. The number of rotatable bonds is 3. The van der Waals surface area contributed by atoms with E-state index in [0.29, 0.717) is 5.76 Å². The average Bonchev–Trinajstić information content (AvgIpc) is 2.80. The zero-order valence-electron chi connectivity index (χ0n) is 8.61. The van der Waals surface area contributed by atoms with Crippen molar-refractivity contribution in [3.63, 3.8) is 0 Å². The highest BCUT2D eigenvalue weighted by atomic mass is 16.6. The minimum Gasteiger partial charge on any atom is -0.506 e. The molecular formula is C11H8N2O4. The summed E-state index contributed by atoms with van der Waals surface area (Å²) in [6, 6.07) is 7.00. The molecule has 0 unspecified atom stereocenters. The van der Waals surface area contributed by atoms with E-state index in [2.05, 4.69) is 4.99 Å². The zero-order chi connectivity index (χ0) is 12.3. The maximum absolute atomic E-state index is 10.6. The van der Waals surface area contributed by atoms with Crippen LogP contribution in [-0.4, -0.2) is 16.2 Å². The number of aromatic hydroxyl groups is 1. The number of benzene rings is 1. The van der Waals surface area contributed by atoms with E-state index in [0.717, 1.165) is 0 Å². The first-order valence-corrected chi connectivity index (χ1v) is 4.72. The van der Waals surface area contributed by atoms with Gasteiger partial charge in [-0.3, -0.25) is 10.1 Å². The molecule has 0 saturated heterocycles. The smallest absolute Gasteiger partial charge is 0.271 e. The Hall–Kier alpha value is -2.63. The van der Waals surface area contributed by atoms with Gasteiger partial charge in [-0.2, -0.15) is 0 Å². The van der Waals surface area contributed by atoms with Gasteiger partial charge < -0.3 is 9.52 Å². The number of hydrogen-bond acceptors (Lipinski definition) is 5. The Bertz CT molecular complexity index is 561. The number of phenols is 1. The van der Waals surface area contributed by atoms with E-state index in [9.17, 15) is 15.2 Å². The largest absolute Gasteiger partial charge is 0.506 e. The first-order valence-electron chi connectivity index (χ1n) is 4.72. The van der Waals surface area contributed by atoms with Crippen molar-refractivity contribution in [3.8, 4) is 5.75 Å². The third kappa shape index (κ3) is 2.49. The summed E-state index contributed by atoms with van der Waals surface area (Å²) < 4.78 is 5.01. The fourth-order valence-electron chi connectivity index (χ4n) is 1.23. The maximum Gasteiger partial charge on any atom is 0.271 e. The molecule has 17 heavy (non-hydrogen) atoms. The first kappa shape index (κ1) is 10.9. The van der Waals surface area contributed by atoms with E-state index >= 15 is 0 Å². The fraction of sp³-hybridized carbons (Fsp3) is 0. The van der Waals surface area contributed by atoms with Crippen LogP contribution in [0.15, 0.2) is 46.0 Å². The second-order valence-corrected chi connectivity index (χ2v) is 3.20. The summed E-state index contributed by atoms with van der Waals surface area (Å²) in [5, 5.41) is 20.0. The predicted molar refractivity (Wildman–Crippen MR) is 60.7 cm³/mol. The number of furan rings is 1. The Morgan fingerprint density at radius 1 is 1.41 bits per heavy atom. The highest BCUT2D eigenvalue weighted by Crippen LogP contribution is 2.30. The van der Waals surface area contributed by atoms with Crippen LogP contribution in [0.5, 0.6) is 5.75 Å². The van der Waals surface area contributed by atoms with E-state index < -0.39 is 4.92 Å². The van der Waals surface area contributed by atoms with Crippen LogP contribution in [0.3, 0.4) is 0 Å². The van der Waals surface area contributed by atoms with E-state index in [1.165, 1.54) is 30.7 Å². The molecule has 0 bridgehead atoms. The Kier molecular flexibility index (Phi) is 2.87. The lowest BCUT2D eigenvalue weighted by molar-refractivity contribution is -0.384. The molecule has 0 aliphatic heterocycles. The van der Waals surface area contributed by atoms with Gasteiger partial charge in [0, 0.05) is 12.1 Å². The number of nitrogens with zero attached hydrogens (tertiary/aromatic N) is 2. The standard InChI is InChI=1S/C11H8N2O4/c14-11-4-3-8(13(15)16)6-10(11)12-7-9-2-1-5-17-9/h1-7,14H. The molecule has 0 aliphatic rings. The van der Waals surface area contributed by atoms with Gasteiger partial charge in [0.15, 0.2) is 0 Å². The third-order valence-corrected chi connectivity index (χ3v) is 2.04. The summed E-state index contributed by atoms with van der Waals surface area (Å²) >= 11 is 0. The van der Waals surface area contributed by atoms with Crippen LogP contribution in [-0.2, 0) is 0 Å². The lowest BCUT2D eigenvalue weighted by atomic mass is 10.2. The molecule has 6 nitrogen and oxygen atoms in total. The van der Waals surface area contributed by atoms with E-state index in [1.807, 2.05) is 0 Å². The number of hydrogen-bond donors (Lipinski definition) is 1. The molecule has 0 amide bonds. The topological polar surface area (TPSA) is 88.9 Å². The van der Waals surface area contributed by atoms with E-state index in [1.54, 1.807) is 12.1 Å². The molecule has 1 N–H and O–H groups in total. The summed E-state index contributed by atoms with van der Waals surface area (Å²) in [4.78, 5) is 13.9. The Labute approximate surface area is 96.0 Å². The molecular weight excluding hydrogens is 224 g/mol. The van der Waals surface area contributed by atoms with Gasteiger partial charge in [0.25, 0.3) is 5.69 Å². The van der Waals surface area contributed by atoms with Crippen molar-refractivity contribution in [1.29, 1.82) is 0 Å². The molecule has 1 heterocycles. The van der Waals surface area contributed by atoms with Crippen molar-refractivity contribution in [2.75, 3.05) is 0 Å². The van der Waals surface area contributed by atoms with Gasteiger partial charge in [0.1, 0.15) is 17.2 Å². The van der Waals surface area contributed by atoms with Gasteiger partial charge >= 0.3 is 0 Å². The van der Waals surface area contributed by atoms with Crippen molar-refractivity contribution in [2.45, 2.75) is 0 Å². The number of phenolic OH excluding ortho intramolecular Hbond substituents is 1. The molecule has 0 spiro atoms. The maximum atomic E-state index is 10.6. The lowest BCUT2D eigenvalue weighted by Crippen LogP contribution is -1.86. The monoisotopic (exact) mass is 232 g/mol. The molecule has 0 atom stereocenters. The van der Waals surface area contributed by atoms with Gasteiger partial charge in [-0.05, 0) is 18.2 Å². The molecule has 2 rings (SSSR count). The average molecular weight is 232 g/mol. The van der Waals surface area contributed by atoms with Crippen LogP contribution >= 0.6 is 0 Å². The van der Waals surface area contributed by atoms with Crippen LogP contribution in [0.2, 0.25) is 0 Å². The van der Waals surface area contributed by atoms with Crippen LogP contribution in [0, 0.1) is 10.1 Å². The second kappa shape index (κ2) is 4.48. The molecule has 0 aliphatic carbocycles. The second-order valence-electron chi connectivity index (χ2n) is 3.20. The predicted octanol–water partition coefficient (Wildman–Crippen LogP) is 2.64. The van der Waals surface area contributed by atoms with Gasteiger partial charge in [-0.25, -0.2) is 4.99 Å². The third-order valence-electron chi connectivity index (χ3n) is 2.04. The quantitative estimate of drug-likeness (QED) is 0.500. The van der Waals surface area contributed by atoms with Crippen molar-refractivity contribution < 1.29 is 14.4 Å². The van der Waals surface area contributed by atoms with Crippen molar-refractivity contribution in [3.05, 3.63) is 52.5 Å². The fourth-order valence-corrected chi connectivity index (χ4v) is 1.23. The minimum atomic E-state index is -0.550. The first-order chi connectivity index (χ1) is 8.16. The molecule has 6 heteroatoms. The molecule has 2 aromatic rings. The van der Waals surface area contributed by atoms with E-state index in [-0.39, 0.29) is 17.1 Å². The number of aliphatic imine (C=N–C) groups is 1. The number of nitro benzene ring substituents is 1. The van der Waals surface area contributed by atoms with Crippen LogP contribution in [0.25, 0.3) is 0 Å². The van der Waals surface area contributed by atoms with Crippen molar-refractivity contribution in [2.24, 2.45) is 4.99 Å². The zero-order valence-corrected chi connectivity index (χ0v) is 8.61. The highest BCUT2D eigenvalue weighted by molar-refractivity contribution is 5.79. The Morgan fingerprint density at radius 3 is 2.88 bits per heavy atom. The Balaban J connectivity index is 2.31. The van der Waals surface area contributed by atoms with E-state index in [4.69, 9.17) is 4.42 Å². The molecule has 0 radical (unpaired) electrons. The SMILES string of the molecule is O=[N+]([O-])c1ccc(O)c(N=Cc2ccco2)c1.